The molecule has 0 spiro atoms. The lowest BCUT2D eigenvalue weighted by Gasteiger charge is -2.32. The number of anilines is 1. The van der Waals surface area contributed by atoms with Gasteiger partial charge in [-0.3, -0.25) is 4.79 Å². The van der Waals surface area contributed by atoms with Gasteiger partial charge in [0.05, 0.1) is 18.8 Å². The Hall–Kier alpha value is -1.73. The minimum atomic E-state index is -0.114. The lowest BCUT2D eigenvalue weighted by Crippen LogP contribution is -2.42. The van der Waals surface area contributed by atoms with Crippen molar-refractivity contribution in [3.63, 3.8) is 0 Å². The summed E-state index contributed by atoms with van der Waals surface area (Å²) in [6.07, 6.45) is 3.21. The van der Waals surface area contributed by atoms with Gasteiger partial charge in [-0.2, -0.15) is 0 Å². The summed E-state index contributed by atoms with van der Waals surface area (Å²) in [4.78, 5) is 23.2. The van der Waals surface area contributed by atoms with Crippen molar-refractivity contribution in [1.29, 1.82) is 0 Å². The molecule has 1 aliphatic rings. The number of hydrogen-bond acceptors (Lipinski definition) is 6. The van der Waals surface area contributed by atoms with Crippen LogP contribution in [-0.4, -0.2) is 34.2 Å². The Morgan fingerprint density at radius 3 is 2.87 bits per heavy atom. The van der Waals surface area contributed by atoms with Gasteiger partial charge < -0.3 is 14.2 Å². The lowest BCUT2D eigenvalue weighted by atomic mass is 9.93. The highest BCUT2D eigenvalue weighted by molar-refractivity contribution is 7.09. The van der Waals surface area contributed by atoms with Crippen LogP contribution in [0.5, 0.6) is 0 Å². The van der Waals surface area contributed by atoms with Gasteiger partial charge in [0.25, 0.3) is 5.56 Å². The predicted molar refractivity (Wildman–Crippen MR) is 91.2 cm³/mol. The molecule has 124 valence electrons. The molecule has 0 bridgehead atoms. The third-order valence-electron chi connectivity index (χ3n) is 3.93. The molecule has 6 nitrogen and oxygen atoms in total. The van der Waals surface area contributed by atoms with E-state index in [1.54, 1.807) is 35.3 Å². The molecule has 0 radical (unpaired) electrons. The smallest absolute Gasteiger partial charge is 0.293 e. The number of aryl methyl sites for hydroxylation is 1. The Morgan fingerprint density at radius 1 is 1.39 bits per heavy atom. The minimum absolute atomic E-state index is 0.0278. The number of hydrogen-bond donors (Lipinski definition) is 0. The van der Waals surface area contributed by atoms with Crippen LogP contribution in [0.2, 0.25) is 0 Å². The van der Waals surface area contributed by atoms with Gasteiger partial charge >= 0.3 is 0 Å². The predicted octanol–water partition coefficient (Wildman–Crippen LogP) is 2.11. The van der Waals surface area contributed by atoms with Crippen molar-refractivity contribution in [2.45, 2.75) is 32.3 Å². The Balaban J connectivity index is 1.82. The van der Waals surface area contributed by atoms with E-state index in [2.05, 4.69) is 31.1 Å². The second kappa shape index (κ2) is 6.05. The zero-order valence-corrected chi connectivity index (χ0v) is 14.8. The van der Waals surface area contributed by atoms with Gasteiger partial charge in [-0.25, -0.2) is 9.97 Å². The van der Waals surface area contributed by atoms with Crippen LogP contribution in [-0.2, 0) is 17.2 Å². The number of rotatable bonds is 2. The van der Waals surface area contributed by atoms with Gasteiger partial charge in [-0.1, -0.05) is 20.8 Å². The van der Waals surface area contributed by atoms with Gasteiger partial charge in [0.15, 0.2) is 5.82 Å². The topological polar surface area (TPSA) is 60.3 Å². The first-order valence-corrected chi connectivity index (χ1v) is 8.58. The molecule has 1 unspecified atom stereocenters. The van der Waals surface area contributed by atoms with Crippen LogP contribution in [0.1, 0.15) is 37.6 Å². The van der Waals surface area contributed by atoms with E-state index in [1.165, 1.54) is 0 Å². The van der Waals surface area contributed by atoms with E-state index in [1.807, 2.05) is 4.90 Å². The molecule has 3 heterocycles. The van der Waals surface area contributed by atoms with Crippen LogP contribution in [0.15, 0.2) is 22.6 Å². The monoisotopic (exact) mass is 334 g/mol. The maximum atomic E-state index is 12.3. The average Bonchev–Trinajstić information content (AvgIpc) is 3.00. The van der Waals surface area contributed by atoms with Crippen LogP contribution >= 0.6 is 11.3 Å². The summed E-state index contributed by atoms with van der Waals surface area (Å²) in [7, 11) is 1.74. The molecule has 3 rings (SSSR count). The van der Waals surface area contributed by atoms with Crippen molar-refractivity contribution in [1.82, 2.24) is 14.5 Å². The summed E-state index contributed by atoms with van der Waals surface area (Å²) < 4.78 is 7.43. The summed E-state index contributed by atoms with van der Waals surface area (Å²) >= 11 is 1.62. The number of nitrogens with zero attached hydrogens (tertiary/aromatic N) is 4. The molecule has 1 fully saturated rings. The molecule has 1 aliphatic heterocycles. The maximum Gasteiger partial charge on any atom is 0.293 e. The van der Waals surface area contributed by atoms with Gasteiger partial charge in [0.2, 0.25) is 0 Å². The van der Waals surface area contributed by atoms with Gasteiger partial charge in [0.1, 0.15) is 11.1 Å². The van der Waals surface area contributed by atoms with Crippen molar-refractivity contribution in [3.8, 4) is 0 Å². The summed E-state index contributed by atoms with van der Waals surface area (Å²) in [6.45, 7) is 8.28. The van der Waals surface area contributed by atoms with Crippen molar-refractivity contribution in [3.05, 3.63) is 38.8 Å². The van der Waals surface area contributed by atoms with E-state index in [0.717, 1.165) is 10.7 Å². The highest BCUT2D eigenvalue weighted by Gasteiger charge is 2.28. The van der Waals surface area contributed by atoms with Gasteiger partial charge in [0, 0.05) is 36.8 Å². The molecular weight excluding hydrogens is 312 g/mol. The molecule has 1 atom stereocenters. The third kappa shape index (κ3) is 3.30. The quantitative estimate of drug-likeness (QED) is 0.842. The fourth-order valence-electron chi connectivity index (χ4n) is 2.47. The Bertz CT molecular complexity index is 747. The molecule has 2 aromatic heterocycles. The first-order valence-electron chi connectivity index (χ1n) is 7.70. The van der Waals surface area contributed by atoms with Gasteiger partial charge in [-0.15, -0.1) is 11.3 Å². The molecule has 23 heavy (non-hydrogen) atoms. The van der Waals surface area contributed by atoms with E-state index in [4.69, 9.17) is 9.72 Å². The zero-order valence-electron chi connectivity index (χ0n) is 13.9. The van der Waals surface area contributed by atoms with Crippen LogP contribution in [0.25, 0.3) is 0 Å². The van der Waals surface area contributed by atoms with Crippen molar-refractivity contribution >= 4 is 17.2 Å². The minimum Gasteiger partial charge on any atom is -0.367 e. The fraction of sp³-hybridized carbons (Fsp3) is 0.562. The molecule has 0 aliphatic carbocycles. The molecule has 0 amide bonds. The number of thiazole rings is 1. The Labute approximate surface area is 139 Å². The van der Waals surface area contributed by atoms with Crippen molar-refractivity contribution in [2.75, 3.05) is 24.6 Å². The highest BCUT2D eigenvalue weighted by Crippen LogP contribution is 2.30. The fourth-order valence-corrected chi connectivity index (χ4v) is 3.56. The summed E-state index contributed by atoms with van der Waals surface area (Å²) in [6, 6.07) is 0. The second-order valence-corrected chi connectivity index (χ2v) is 7.68. The average molecular weight is 334 g/mol. The van der Waals surface area contributed by atoms with E-state index in [9.17, 15) is 4.79 Å². The second-order valence-electron chi connectivity index (χ2n) is 6.79. The normalized spacial score (nSPS) is 19.1. The van der Waals surface area contributed by atoms with Crippen LogP contribution in [0, 0.1) is 0 Å². The van der Waals surface area contributed by atoms with Crippen LogP contribution in [0.3, 0.4) is 0 Å². The number of ether oxygens (including phenoxy) is 1. The lowest BCUT2D eigenvalue weighted by molar-refractivity contribution is 0.0391. The Kier molecular flexibility index (Phi) is 4.25. The number of aromatic nitrogens is 3. The molecule has 0 N–H and O–H groups in total. The highest BCUT2D eigenvalue weighted by atomic mass is 32.1. The third-order valence-corrected chi connectivity index (χ3v) is 4.87. The number of morpholine rings is 1. The standard InChI is InChI=1S/C16H22N4O2S/c1-16(2,3)12-10-23-14(18-12)11-9-20(7-8-22-11)13-15(21)19(4)6-5-17-13/h5-6,10-11H,7-9H2,1-4H3. The molecule has 2 aromatic rings. The molecular formula is C16H22N4O2S. The SMILES string of the molecule is Cn1ccnc(N2CCOC(c3nc(C(C)(C)C)cs3)C2)c1=O. The molecule has 1 saturated heterocycles. The first kappa shape index (κ1) is 16.1. The van der Waals surface area contributed by atoms with Crippen LogP contribution < -0.4 is 10.5 Å². The summed E-state index contributed by atoms with van der Waals surface area (Å²) in [5.74, 6) is 0.482. The van der Waals surface area contributed by atoms with E-state index in [0.29, 0.717) is 25.5 Å². The van der Waals surface area contributed by atoms with Crippen molar-refractivity contribution < 1.29 is 4.74 Å². The maximum absolute atomic E-state index is 12.3. The molecule has 0 aromatic carbocycles. The largest absolute Gasteiger partial charge is 0.367 e. The molecule has 7 heteroatoms. The summed E-state index contributed by atoms with van der Waals surface area (Å²) in [5, 5.41) is 3.06. The Morgan fingerprint density at radius 2 is 2.17 bits per heavy atom. The van der Waals surface area contributed by atoms with E-state index < -0.39 is 0 Å². The summed E-state index contributed by atoms with van der Waals surface area (Å²) in [5.41, 5.74) is 1.02. The van der Waals surface area contributed by atoms with E-state index in [-0.39, 0.29) is 17.1 Å². The van der Waals surface area contributed by atoms with Crippen LogP contribution in [0.4, 0.5) is 5.82 Å². The van der Waals surface area contributed by atoms with Gasteiger partial charge in [-0.05, 0) is 0 Å². The van der Waals surface area contributed by atoms with E-state index >= 15 is 0 Å². The zero-order chi connectivity index (χ0) is 16.6. The first-order chi connectivity index (χ1) is 10.9. The van der Waals surface area contributed by atoms with Crippen molar-refractivity contribution in [2.24, 2.45) is 7.05 Å². The molecule has 0 saturated carbocycles.